The molecule has 0 unspecified atom stereocenters. The van der Waals surface area contributed by atoms with Crippen molar-refractivity contribution in [3.8, 4) is 11.1 Å². The molecule has 1 aliphatic rings. The van der Waals surface area contributed by atoms with Crippen LogP contribution in [0.1, 0.15) is 39.4 Å². The first-order valence-corrected chi connectivity index (χ1v) is 10.4. The number of Topliss-reactive ketones (excluding diaryl/α,β-unsaturated/α-hetero) is 2. The lowest BCUT2D eigenvalue weighted by Gasteiger charge is -2.04. The molecule has 1 aliphatic heterocycles. The Kier molecular flexibility index (Phi) is 5.25. The van der Waals surface area contributed by atoms with Crippen LogP contribution >= 0.6 is 0 Å². The first-order chi connectivity index (χ1) is 15.7. The molecule has 6 nitrogen and oxygen atoms in total. The highest BCUT2D eigenvalue weighted by Gasteiger charge is 2.18. The van der Waals surface area contributed by atoms with E-state index in [4.69, 9.17) is 0 Å². The number of carbonyl (C=O) groups is 2. The molecule has 156 valence electrons. The van der Waals surface area contributed by atoms with E-state index in [1.807, 2.05) is 48.5 Å². The minimum atomic E-state index is -0.0472. The number of pyridine rings is 1. The van der Waals surface area contributed by atoms with Crippen molar-refractivity contribution in [1.82, 2.24) is 15.0 Å². The third-order valence-corrected chi connectivity index (χ3v) is 5.45. The number of aromatic nitrogens is 3. The predicted octanol–water partition coefficient (Wildman–Crippen LogP) is 4.98. The number of rotatable bonds is 7. The van der Waals surface area contributed by atoms with Gasteiger partial charge in [-0.3, -0.25) is 19.6 Å². The summed E-state index contributed by atoms with van der Waals surface area (Å²) in [7, 11) is 0. The van der Waals surface area contributed by atoms with Crippen molar-refractivity contribution in [3.05, 3.63) is 96.2 Å². The molecule has 0 bridgehead atoms. The van der Waals surface area contributed by atoms with Crippen LogP contribution in [0.3, 0.4) is 0 Å². The van der Waals surface area contributed by atoms with Crippen LogP contribution in [0, 0.1) is 0 Å². The molecule has 2 aromatic carbocycles. The van der Waals surface area contributed by atoms with Gasteiger partial charge in [-0.15, -0.1) is 0 Å². The maximum Gasteiger partial charge on any atom is 0.170 e. The van der Waals surface area contributed by atoms with Gasteiger partial charge in [0, 0.05) is 53.8 Å². The summed E-state index contributed by atoms with van der Waals surface area (Å²) in [5.41, 5.74) is 5.24. The highest BCUT2D eigenvalue weighted by atomic mass is 16.1. The molecule has 0 atom stereocenters. The molecule has 2 aromatic heterocycles. The molecule has 6 heteroatoms. The van der Waals surface area contributed by atoms with Gasteiger partial charge < -0.3 is 4.98 Å². The van der Waals surface area contributed by atoms with Gasteiger partial charge in [0.15, 0.2) is 11.6 Å². The molecule has 0 saturated carbocycles. The third kappa shape index (κ3) is 4.03. The minimum absolute atomic E-state index is 0.0217. The molecular weight excluding hydrogens is 400 g/mol. The van der Waals surface area contributed by atoms with Gasteiger partial charge in [-0.05, 0) is 29.8 Å². The van der Waals surface area contributed by atoms with Crippen LogP contribution in [0.4, 0.5) is 0 Å². The fourth-order valence-corrected chi connectivity index (χ4v) is 3.85. The first kappa shape index (κ1) is 19.8. The number of nitrogens with one attached hydrogen (secondary N) is 1. The molecule has 0 fully saturated rings. The van der Waals surface area contributed by atoms with Gasteiger partial charge in [0.25, 0.3) is 0 Å². The van der Waals surface area contributed by atoms with E-state index in [-0.39, 0.29) is 24.4 Å². The highest BCUT2D eigenvalue weighted by molar-refractivity contribution is 6.15. The summed E-state index contributed by atoms with van der Waals surface area (Å²) in [6.45, 7) is 0. The number of allylic oxidation sites excluding steroid dienone is 1. The third-order valence-electron chi connectivity index (χ3n) is 5.45. The Hall–Kier alpha value is -4.19. The van der Waals surface area contributed by atoms with Crippen LogP contribution in [0.5, 0.6) is 0 Å². The summed E-state index contributed by atoms with van der Waals surface area (Å²) in [4.78, 5) is 41.9. The average Bonchev–Trinajstić information content (AvgIpc) is 3.48. The summed E-state index contributed by atoms with van der Waals surface area (Å²) < 4.78 is 0. The number of hydrogen-bond donors (Lipinski definition) is 1. The quantitative estimate of drug-likeness (QED) is 0.427. The predicted molar refractivity (Wildman–Crippen MR) is 124 cm³/mol. The number of ketones is 2. The van der Waals surface area contributed by atoms with Gasteiger partial charge in [0.1, 0.15) is 5.82 Å². The maximum atomic E-state index is 13.0. The van der Waals surface area contributed by atoms with Crippen LogP contribution in [0.15, 0.2) is 84.3 Å². The van der Waals surface area contributed by atoms with E-state index in [9.17, 15) is 9.59 Å². The molecule has 0 spiro atoms. The smallest absolute Gasteiger partial charge is 0.170 e. The fourth-order valence-electron chi connectivity index (χ4n) is 3.85. The number of imidazole rings is 1. The van der Waals surface area contributed by atoms with Crippen LogP contribution in [0.2, 0.25) is 0 Å². The Morgan fingerprint density at radius 3 is 2.62 bits per heavy atom. The lowest BCUT2D eigenvalue weighted by Crippen LogP contribution is -2.07. The normalized spacial score (nSPS) is 12.8. The zero-order chi connectivity index (χ0) is 21.9. The van der Waals surface area contributed by atoms with Crippen LogP contribution in [-0.2, 0) is 6.42 Å². The van der Waals surface area contributed by atoms with Crippen molar-refractivity contribution in [2.45, 2.75) is 19.3 Å². The number of para-hydroxylation sites is 1. The Morgan fingerprint density at radius 1 is 0.938 bits per heavy atom. The van der Waals surface area contributed by atoms with E-state index in [1.165, 1.54) is 0 Å². The number of benzene rings is 2. The second-order valence-corrected chi connectivity index (χ2v) is 7.69. The molecule has 4 aromatic rings. The summed E-state index contributed by atoms with van der Waals surface area (Å²) >= 11 is 0. The van der Waals surface area contributed by atoms with E-state index < -0.39 is 0 Å². The van der Waals surface area contributed by atoms with Gasteiger partial charge in [-0.1, -0.05) is 36.4 Å². The SMILES string of the molecule is O=C(Cc1nc2c(C(=O)CC3=NC=CC3)cccc2[nH]1)c1cccc(-c2cccnc2)c1. The van der Waals surface area contributed by atoms with Gasteiger partial charge >= 0.3 is 0 Å². The molecule has 3 heterocycles. The summed E-state index contributed by atoms with van der Waals surface area (Å²) in [6, 6.07) is 16.8. The average molecular weight is 420 g/mol. The van der Waals surface area contributed by atoms with E-state index in [1.54, 1.807) is 30.7 Å². The lowest BCUT2D eigenvalue weighted by molar-refractivity contribution is 0.0987. The maximum absolute atomic E-state index is 13.0. The van der Waals surface area contributed by atoms with E-state index >= 15 is 0 Å². The fraction of sp³-hybridized carbons (Fsp3) is 0.115. The molecule has 32 heavy (non-hydrogen) atoms. The van der Waals surface area contributed by atoms with Crippen molar-refractivity contribution in [2.75, 3.05) is 0 Å². The molecule has 5 rings (SSSR count). The number of fused-ring (bicyclic) bond motifs is 1. The zero-order valence-electron chi connectivity index (χ0n) is 17.3. The van der Waals surface area contributed by atoms with Crippen LogP contribution in [0.25, 0.3) is 22.2 Å². The van der Waals surface area contributed by atoms with Crippen molar-refractivity contribution in [2.24, 2.45) is 4.99 Å². The lowest BCUT2D eigenvalue weighted by atomic mass is 10.0. The van der Waals surface area contributed by atoms with Gasteiger partial charge in [-0.25, -0.2) is 4.98 Å². The molecule has 1 N–H and O–H groups in total. The van der Waals surface area contributed by atoms with E-state index in [0.717, 1.165) is 22.4 Å². The first-order valence-electron chi connectivity index (χ1n) is 10.4. The van der Waals surface area contributed by atoms with Crippen molar-refractivity contribution < 1.29 is 9.59 Å². The topological polar surface area (TPSA) is 88.1 Å². The van der Waals surface area contributed by atoms with Gasteiger partial charge in [-0.2, -0.15) is 0 Å². The molecule has 0 amide bonds. The second-order valence-electron chi connectivity index (χ2n) is 7.69. The Morgan fingerprint density at radius 2 is 1.81 bits per heavy atom. The van der Waals surface area contributed by atoms with Crippen LogP contribution < -0.4 is 0 Å². The number of carbonyl (C=O) groups excluding carboxylic acids is 2. The van der Waals surface area contributed by atoms with Crippen molar-refractivity contribution in [1.29, 1.82) is 0 Å². The van der Waals surface area contributed by atoms with Crippen molar-refractivity contribution in [3.63, 3.8) is 0 Å². The monoisotopic (exact) mass is 420 g/mol. The molecule has 0 saturated heterocycles. The largest absolute Gasteiger partial charge is 0.342 e. The second kappa shape index (κ2) is 8.51. The van der Waals surface area contributed by atoms with Crippen molar-refractivity contribution >= 4 is 28.3 Å². The summed E-state index contributed by atoms with van der Waals surface area (Å²) in [6.07, 6.45) is 8.26. The summed E-state index contributed by atoms with van der Waals surface area (Å²) in [5, 5.41) is 0. The minimum Gasteiger partial charge on any atom is -0.342 e. The molecule has 0 radical (unpaired) electrons. The van der Waals surface area contributed by atoms with Crippen LogP contribution in [-0.4, -0.2) is 32.2 Å². The Bertz CT molecular complexity index is 1380. The van der Waals surface area contributed by atoms with Gasteiger partial charge in [0.05, 0.1) is 17.5 Å². The van der Waals surface area contributed by atoms with E-state index in [0.29, 0.717) is 28.9 Å². The Balaban J connectivity index is 1.38. The Labute approximate surface area is 184 Å². The number of nitrogens with zero attached hydrogens (tertiary/aromatic N) is 3. The highest BCUT2D eigenvalue weighted by Crippen LogP contribution is 2.22. The number of H-pyrrole nitrogens is 1. The summed E-state index contributed by atoms with van der Waals surface area (Å²) in [5.74, 6) is 0.470. The molecule has 0 aliphatic carbocycles. The van der Waals surface area contributed by atoms with Gasteiger partial charge in [0.2, 0.25) is 0 Å². The zero-order valence-corrected chi connectivity index (χ0v) is 17.3. The standard InChI is InChI=1S/C26H20N4O2/c31-23(18-6-1-5-17(13-18)19-7-3-11-27-16-19)15-25-29-22-10-2-9-21(26(22)30-25)24(32)14-20-8-4-12-28-20/h1-7,9-13,16H,8,14-15H2,(H,29,30). The molecular formula is C26H20N4O2. The number of aliphatic imine (C=N–C) groups is 1. The number of aromatic amines is 1. The van der Waals surface area contributed by atoms with E-state index in [2.05, 4.69) is 19.9 Å². The number of hydrogen-bond acceptors (Lipinski definition) is 5.